The molecule has 2 aromatic rings. The minimum Gasteiger partial charge on any atom is -0.445 e. The van der Waals surface area contributed by atoms with Gasteiger partial charge in [0.25, 0.3) is 0 Å². The van der Waals surface area contributed by atoms with E-state index in [1.807, 2.05) is 60.7 Å². The largest absolute Gasteiger partial charge is 0.445 e. The normalized spacial score (nSPS) is 12.3. The summed E-state index contributed by atoms with van der Waals surface area (Å²) < 4.78 is 5.21. The average Bonchev–Trinajstić information content (AvgIpc) is 2.75. The molecule has 0 aliphatic carbocycles. The Balaban J connectivity index is 2.05. The Morgan fingerprint density at radius 3 is 2.00 bits per heavy atom. The van der Waals surface area contributed by atoms with E-state index in [2.05, 4.69) is 10.6 Å². The van der Waals surface area contributed by atoms with Crippen molar-refractivity contribution in [3.63, 3.8) is 0 Å². The second-order valence-electron chi connectivity index (χ2n) is 7.15. The highest BCUT2D eigenvalue weighted by Crippen LogP contribution is 2.07. The molecule has 0 heterocycles. The zero-order valence-electron chi connectivity index (χ0n) is 17.4. The number of Topliss-reactive ketones (excluding diaryl/α,β-unsaturated/α-hetero) is 1. The number of alkyl carbamates (subject to hydrolysis) is 1. The smallest absolute Gasteiger partial charge is 0.408 e. The molecule has 31 heavy (non-hydrogen) atoms. The molecule has 0 aliphatic rings. The number of nitrogens with one attached hydrogen (secondary N) is 2. The molecule has 3 amide bonds. The maximum absolute atomic E-state index is 12.8. The number of hydrogen-bond acceptors (Lipinski definition) is 5. The highest BCUT2D eigenvalue weighted by molar-refractivity contribution is 5.91. The molecule has 0 saturated heterocycles. The Hall–Kier alpha value is -3.68. The van der Waals surface area contributed by atoms with Crippen molar-refractivity contribution in [1.82, 2.24) is 10.6 Å². The quantitative estimate of drug-likeness (QED) is 0.506. The van der Waals surface area contributed by atoms with E-state index in [1.54, 1.807) is 0 Å². The lowest BCUT2D eigenvalue weighted by Gasteiger charge is -2.22. The fourth-order valence-electron chi connectivity index (χ4n) is 2.87. The van der Waals surface area contributed by atoms with E-state index in [0.717, 1.165) is 11.1 Å². The Morgan fingerprint density at radius 2 is 1.45 bits per heavy atom. The third-order valence-electron chi connectivity index (χ3n) is 4.55. The molecule has 0 saturated carbocycles. The van der Waals surface area contributed by atoms with Gasteiger partial charge in [0.15, 0.2) is 0 Å². The minimum absolute atomic E-state index is 0.0505. The first-order valence-corrected chi connectivity index (χ1v) is 9.95. The Labute approximate surface area is 181 Å². The van der Waals surface area contributed by atoms with Gasteiger partial charge in [0, 0.05) is 12.8 Å². The summed E-state index contributed by atoms with van der Waals surface area (Å²) in [6, 6.07) is 16.2. The summed E-state index contributed by atoms with van der Waals surface area (Å²) in [5.41, 5.74) is 6.98. The topological polar surface area (TPSA) is 128 Å². The minimum atomic E-state index is -1.02. The lowest BCUT2D eigenvalue weighted by atomic mass is 10.0. The summed E-state index contributed by atoms with van der Waals surface area (Å²) in [6.07, 6.45) is -0.388. The number of ketones is 1. The standard InChI is InChI=1S/C23H27N3O5/c1-16(27)12-13-19(21(24)28)25-22(29)20(14-17-8-4-2-5-9-17)26-23(30)31-15-18-10-6-3-7-11-18/h2-11,19-20H,12-15H2,1H3,(H2,24,28)(H,25,29)(H,26,30)/t19-,20+/m0/s1. The molecule has 0 spiro atoms. The zero-order chi connectivity index (χ0) is 22.6. The van der Waals surface area contributed by atoms with Crippen LogP contribution < -0.4 is 16.4 Å². The molecule has 2 rings (SSSR count). The first kappa shape index (κ1) is 23.6. The van der Waals surface area contributed by atoms with Crippen LogP contribution in [0, 0.1) is 0 Å². The molecule has 2 atom stereocenters. The summed E-state index contributed by atoms with van der Waals surface area (Å²) in [6.45, 7) is 1.44. The van der Waals surface area contributed by atoms with Crippen LogP contribution in [0.4, 0.5) is 4.79 Å². The van der Waals surface area contributed by atoms with Crippen LogP contribution in [0.15, 0.2) is 60.7 Å². The van der Waals surface area contributed by atoms with Gasteiger partial charge < -0.3 is 25.9 Å². The van der Waals surface area contributed by atoms with Crippen molar-refractivity contribution in [2.75, 3.05) is 0 Å². The van der Waals surface area contributed by atoms with Gasteiger partial charge in [-0.2, -0.15) is 0 Å². The number of nitrogens with two attached hydrogens (primary N) is 1. The van der Waals surface area contributed by atoms with Crippen LogP contribution in [-0.4, -0.2) is 35.8 Å². The van der Waals surface area contributed by atoms with Crippen LogP contribution in [0.2, 0.25) is 0 Å². The lowest BCUT2D eigenvalue weighted by Crippen LogP contribution is -2.53. The molecule has 0 aromatic heterocycles. The van der Waals surface area contributed by atoms with Crippen molar-refractivity contribution in [2.45, 2.75) is 44.9 Å². The van der Waals surface area contributed by atoms with Crippen molar-refractivity contribution < 1.29 is 23.9 Å². The molecular weight excluding hydrogens is 398 g/mol. The molecule has 0 bridgehead atoms. The molecule has 0 aliphatic heterocycles. The summed E-state index contributed by atoms with van der Waals surface area (Å²) in [5.74, 6) is -1.46. The van der Waals surface area contributed by atoms with Gasteiger partial charge in [-0.05, 0) is 24.5 Å². The number of carbonyl (C=O) groups is 4. The second-order valence-corrected chi connectivity index (χ2v) is 7.15. The Kier molecular flexibility index (Phi) is 9.22. The zero-order valence-corrected chi connectivity index (χ0v) is 17.4. The van der Waals surface area contributed by atoms with Crippen LogP contribution in [0.5, 0.6) is 0 Å². The van der Waals surface area contributed by atoms with E-state index in [1.165, 1.54) is 6.92 Å². The van der Waals surface area contributed by atoms with Crippen LogP contribution >= 0.6 is 0 Å². The average molecular weight is 425 g/mol. The van der Waals surface area contributed by atoms with E-state index in [9.17, 15) is 19.2 Å². The van der Waals surface area contributed by atoms with Crippen molar-refractivity contribution in [3.05, 3.63) is 71.8 Å². The molecular formula is C23H27N3O5. The predicted molar refractivity (Wildman–Crippen MR) is 115 cm³/mol. The van der Waals surface area contributed by atoms with Gasteiger partial charge in [-0.25, -0.2) is 4.79 Å². The summed E-state index contributed by atoms with van der Waals surface area (Å²) in [4.78, 5) is 48.1. The van der Waals surface area contributed by atoms with Crippen LogP contribution in [0.3, 0.4) is 0 Å². The fourth-order valence-corrected chi connectivity index (χ4v) is 2.87. The highest BCUT2D eigenvalue weighted by Gasteiger charge is 2.26. The maximum atomic E-state index is 12.8. The summed E-state index contributed by atoms with van der Waals surface area (Å²) in [5, 5.41) is 5.09. The summed E-state index contributed by atoms with van der Waals surface area (Å²) >= 11 is 0. The van der Waals surface area contributed by atoms with E-state index < -0.39 is 30.0 Å². The van der Waals surface area contributed by atoms with Crippen LogP contribution in [0.25, 0.3) is 0 Å². The summed E-state index contributed by atoms with van der Waals surface area (Å²) in [7, 11) is 0. The number of hydrogen-bond donors (Lipinski definition) is 3. The van der Waals surface area contributed by atoms with Gasteiger partial charge >= 0.3 is 6.09 Å². The van der Waals surface area contributed by atoms with Gasteiger partial charge in [-0.15, -0.1) is 0 Å². The van der Waals surface area contributed by atoms with E-state index in [-0.39, 0.29) is 31.7 Å². The molecule has 8 nitrogen and oxygen atoms in total. The van der Waals surface area contributed by atoms with Crippen LogP contribution in [0.1, 0.15) is 30.9 Å². The molecule has 164 valence electrons. The lowest BCUT2D eigenvalue weighted by molar-refractivity contribution is -0.129. The van der Waals surface area contributed by atoms with Crippen molar-refractivity contribution in [3.8, 4) is 0 Å². The van der Waals surface area contributed by atoms with Crippen LogP contribution in [-0.2, 0) is 32.1 Å². The monoisotopic (exact) mass is 425 g/mol. The van der Waals surface area contributed by atoms with Gasteiger partial charge in [0.05, 0.1) is 0 Å². The molecule has 8 heteroatoms. The van der Waals surface area contributed by atoms with Crippen molar-refractivity contribution in [2.24, 2.45) is 5.73 Å². The Bertz CT molecular complexity index is 887. The number of benzene rings is 2. The number of rotatable bonds is 11. The van der Waals surface area contributed by atoms with E-state index in [4.69, 9.17) is 10.5 Å². The third-order valence-corrected chi connectivity index (χ3v) is 4.55. The molecule has 0 fully saturated rings. The van der Waals surface area contributed by atoms with E-state index >= 15 is 0 Å². The first-order valence-electron chi connectivity index (χ1n) is 9.95. The SMILES string of the molecule is CC(=O)CC[C@H](NC(=O)[C@@H](Cc1ccccc1)NC(=O)OCc1ccccc1)C(N)=O. The Morgan fingerprint density at radius 1 is 0.871 bits per heavy atom. The second kappa shape index (κ2) is 12.1. The molecule has 0 unspecified atom stereocenters. The van der Waals surface area contributed by atoms with E-state index in [0.29, 0.717) is 0 Å². The number of primary amides is 1. The van der Waals surface area contributed by atoms with Crippen molar-refractivity contribution >= 4 is 23.7 Å². The third kappa shape index (κ3) is 8.69. The molecule has 0 radical (unpaired) electrons. The predicted octanol–water partition coefficient (Wildman–Crippen LogP) is 1.86. The number of amides is 3. The number of carbonyl (C=O) groups excluding carboxylic acids is 4. The van der Waals surface area contributed by atoms with Gasteiger partial charge in [0.1, 0.15) is 24.5 Å². The van der Waals surface area contributed by atoms with Gasteiger partial charge in [0.2, 0.25) is 11.8 Å². The molecule has 2 aromatic carbocycles. The molecule has 4 N–H and O–H groups in total. The van der Waals surface area contributed by atoms with Gasteiger partial charge in [-0.1, -0.05) is 60.7 Å². The number of ether oxygens (including phenoxy) is 1. The van der Waals surface area contributed by atoms with Gasteiger partial charge in [-0.3, -0.25) is 9.59 Å². The maximum Gasteiger partial charge on any atom is 0.408 e. The van der Waals surface area contributed by atoms with Crippen molar-refractivity contribution in [1.29, 1.82) is 0 Å². The highest BCUT2D eigenvalue weighted by atomic mass is 16.5. The fraction of sp³-hybridized carbons (Fsp3) is 0.304. The first-order chi connectivity index (χ1) is 14.8.